The number of hydrogen-bond donors (Lipinski definition) is 0. The third-order valence-electron chi connectivity index (χ3n) is 11.3. The van der Waals surface area contributed by atoms with Crippen molar-refractivity contribution in [2.75, 3.05) is 4.81 Å². The van der Waals surface area contributed by atoms with Crippen molar-refractivity contribution in [1.29, 1.82) is 0 Å². The number of aromatic nitrogens is 2. The zero-order valence-corrected chi connectivity index (χ0v) is 27.1. The minimum atomic E-state index is -0.00345. The summed E-state index contributed by atoms with van der Waals surface area (Å²) in [6, 6.07) is 62.9. The van der Waals surface area contributed by atoms with E-state index in [2.05, 4.69) is 184 Å². The van der Waals surface area contributed by atoms with Crippen molar-refractivity contribution < 1.29 is 0 Å². The lowest BCUT2D eigenvalue weighted by Gasteiger charge is -2.42. The first-order chi connectivity index (χ1) is 24.9. The Morgan fingerprint density at radius 3 is 1.84 bits per heavy atom. The van der Waals surface area contributed by atoms with Gasteiger partial charge in [-0.25, -0.2) is 0 Å². The van der Waals surface area contributed by atoms with Gasteiger partial charge in [-0.2, -0.15) is 0 Å². The Kier molecular flexibility index (Phi) is 5.05. The van der Waals surface area contributed by atoms with Crippen molar-refractivity contribution in [1.82, 2.24) is 9.13 Å². The first-order valence-electron chi connectivity index (χ1n) is 17.4. The molecule has 2 aliphatic rings. The Balaban J connectivity index is 1.38. The smallest absolute Gasteiger partial charge is 0.333 e. The van der Waals surface area contributed by atoms with Crippen LogP contribution in [0.2, 0.25) is 0 Å². The highest BCUT2D eigenvalue weighted by atomic mass is 15.1. The van der Waals surface area contributed by atoms with Gasteiger partial charge in [0.25, 0.3) is 0 Å². The molecule has 0 aliphatic carbocycles. The maximum atomic E-state index is 2.58. The predicted octanol–water partition coefficient (Wildman–Crippen LogP) is 10.3. The molecule has 0 radical (unpaired) electrons. The standard InChI is InChI=1S/C46H28BN3/c1-2-15-30(16-3-1)50-39-24-12-8-20-34(39)35-28-42(48-37-22-10-6-18-32(37)33-19-7-11-23-38(33)48)44-43-31-17-5-4-14-29(31)26-27-41(43)49-40-25-13-9-21-36(40)47(50)45(35)46(44)49/h1-28H. The Morgan fingerprint density at radius 2 is 1.04 bits per heavy atom. The molecule has 0 spiro atoms. The van der Waals surface area contributed by atoms with E-state index in [1.54, 1.807) is 0 Å². The van der Waals surface area contributed by atoms with Gasteiger partial charge >= 0.3 is 6.85 Å². The van der Waals surface area contributed by atoms with Crippen LogP contribution in [0.25, 0.3) is 76.9 Å². The highest BCUT2D eigenvalue weighted by Crippen LogP contribution is 2.48. The second-order valence-corrected chi connectivity index (χ2v) is 13.7. The van der Waals surface area contributed by atoms with Gasteiger partial charge in [0.2, 0.25) is 0 Å². The van der Waals surface area contributed by atoms with E-state index in [-0.39, 0.29) is 6.85 Å². The van der Waals surface area contributed by atoms with Crippen molar-refractivity contribution in [3.63, 3.8) is 0 Å². The summed E-state index contributed by atoms with van der Waals surface area (Å²) >= 11 is 0. The third-order valence-corrected chi connectivity index (χ3v) is 11.3. The number of rotatable bonds is 2. The van der Waals surface area contributed by atoms with E-state index in [1.807, 2.05) is 0 Å². The number of hydrogen-bond acceptors (Lipinski definition) is 1. The SMILES string of the molecule is c1ccc(N2B3c4ccccc4-n4c5ccc6ccccc6c5c5c(-n6c7ccccc7c7ccccc76)cc(c3c54)-c3ccccc32)cc1. The normalized spacial score (nSPS) is 13.1. The average Bonchev–Trinajstić information content (AvgIpc) is 3.72. The van der Waals surface area contributed by atoms with Crippen LogP contribution in [-0.4, -0.2) is 16.0 Å². The number of anilines is 2. The topological polar surface area (TPSA) is 13.1 Å². The first kappa shape index (κ1) is 26.4. The predicted molar refractivity (Wildman–Crippen MR) is 212 cm³/mol. The van der Waals surface area contributed by atoms with Gasteiger partial charge in [0.15, 0.2) is 0 Å². The Bertz CT molecular complexity index is 3010. The fourth-order valence-corrected chi connectivity index (χ4v) is 9.36. The largest absolute Gasteiger partial charge is 0.376 e. The van der Waals surface area contributed by atoms with Crippen molar-refractivity contribution in [3.8, 4) is 22.5 Å². The molecule has 0 amide bonds. The van der Waals surface area contributed by atoms with Crippen LogP contribution in [0, 0.1) is 0 Å². The van der Waals surface area contributed by atoms with Crippen LogP contribution in [0.15, 0.2) is 170 Å². The van der Waals surface area contributed by atoms with Gasteiger partial charge in [-0.15, -0.1) is 0 Å². The summed E-state index contributed by atoms with van der Waals surface area (Å²) in [5.74, 6) is 0. The molecule has 0 bridgehead atoms. The van der Waals surface area contributed by atoms with Gasteiger partial charge in [0.1, 0.15) is 0 Å². The zero-order chi connectivity index (χ0) is 32.5. The second kappa shape index (κ2) is 9.55. The van der Waals surface area contributed by atoms with E-state index in [0.29, 0.717) is 0 Å². The van der Waals surface area contributed by atoms with Gasteiger partial charge in [0, 0.05) is 44.2 Å². The van der Waals surface area contributed by atoms with Crippen molar-refractivity contribution >= 4 is 83.5 Å². The summed E-state index contributed by atoms with van der Waals surface area (Å²) in [6.45, 7) is -0.00345. The molecule has 0 saturated carbocycles. The molecule has 2 aliphatic heterocycles. The van der Waals surface area contributed by atoms with Crippen LogP contribution in [0.3, 0.4) is 0 Å². The summed E-state index contributed by atoms with van der Waals surface area (Å²) in [7, 11) is 0. The maximum Gasteiger partial charge on any atom is 0.333 e. The molecule has 0 N–H and O–H groups in total. The number of fused-ring (bicyclic) bond motifs is 13. The van der Waals surface area contributed by atoms with Crippen molar-refractivity contribution in [3.05, 3.63) is 170 Å². The highest BCUT2D eigenvalue weighted by molar-refractivity contribution is 6.93. The first-order valence-corrected chi connectivity index (χ1v) is 17.4. The summed E-state index contributed by atoms with van der Waals surface area (Å²) in [5.41, 5.74) is 15.1. The molecule has 10 aromatic rings. The molecule has 2 aromatic heterocycles. The average molecular weight is 634 g/mol. The van der Waals surface area contributed by atoms with Gasteiger partial charge < -0.3 is 13.9 Å². The Morgan fingerprint density at radius 1 is 0.400 bits per heavy atom. The van der Waals surface area contributed by atoms with Gasteiger partial charge in [0.05, 0.1) is 27.8 Å². The second-order valence-electron chi connectivity index (χ2n) is 13.7. The summed E-state index contributed by atoms with van der Waals surface area (Å²) in [4.78, 5) is 2.58. The van der Waals surface area contributed by atoms with Crippen molar-refractivity contribution in [2.45, 2.75) is 0 Å². The van der Waals surface area contributed by atoms with E-state index in [1.165, 1.54) is 99.2 Å². The van der Waals surface area contributed by atoms with Gasteiger partial charge in [-0.1, -0.05) is 121 Å². The number of benzene rings is 8. The minimum absolute atomic E-state index is 0.00345. The molecule has 230 valence electrons. The molecule has 0 fully saturated rings. The molecule has 12 rings (SSSR count). The number of nitrogens with zero attached hydrogens (tertiary/aromatic N) is 3. The molecule has 3 nitrogen and oxygen atoms in total. The van der Waals surface area contributed by atoms with Crippen LogP contribution in [0.1, 0.15) is 0 Å². The molecular formula is C46H28BN3. The molecule has 0 unspecified atom stereocenters. The fraction of sp³-hybridized carbons (Fsp3) is 0. The fourth-order valence-electron chi connectivity index (χ4n) is 9.36. The van der Waals surface area contributed by atoms with Crippen LogP contribution < -0.4 is 15.7 Å². The summed E-state index contributed by atoms with van der Waals surface area (Å²) in [6.07, 6.45) is 0. The lowest BCUT2D eigenvalue weighted by atomic mass is 9.44. The third kappa shape index (κ3) is 3.21. The van der Waals surface area contributed by atoms with E-state index >= 15 is 0 Å². The molecule has 8 aromatic carbocycles. The van der Waals surface area contributed by atoms with Crippen LogP contribution in [0.4, 0.5) is 11.4 Å². The van der Waals surface area contributed by atoms with Gasteiger partial charge in [-0.05, 0) is 75.8 Å². The van der Waals surface area contributed by atoms with Crippen LogP contribution >= 0.6 is 0 Å². The minimum Gasteiger partial charge on any atom is -0.376 e. The molecule has 4 heterocycles. The van der Waals surface area contributed by atoms with Crippen LogP contribution in [-0.2, 0) is 0 Å². The lowest BCUT2D eigenvalue weighted by molar-refractivity contribution is 1.17. The van der Waals surface area contributed by atoms with E-state index in [4.69, 9.17) is 0 Å². The summed E-state index contributed by atoms with van der Waals surface area (Å²) < 4.78 is 5.11. The Hall–Kier alpha value is -6.52. The maximum absolute atomic E-state index is 2.58. The summed E-state index contributed by atoms with van der Waals surface area (Å²) in [5, 5.41) is 7.68. The molecule has 0 atom stereocenters. The van der Waals surface area contributed by atoms with E-state index in [9.17, 15) is 0 Å². The monoisotopic (exact) mass is 633 g/mol. The number of para-hydroxylation sites is 5. The Labute approximate surface area is 288 Å². The zero-order valence-electron chi connectivity index (χ0n) is 27.1. The highest BCUT2D eigenvalue weighted by Gasteiger charge is 2.44. The van der Waals surface area contributed by atoms with E-state index < -0.39 is 0 Å². The quantitative estimate of drug-likeness (QED) is 0.173. The lowest BCUT2D eigenvalue weighted by Crippen LogP contribution is -2.60. The van der Waals surface area contributed by atoms with E-state index in [0.717, 1.165) is 0 Å². The molecule has 0 saturated heterocycles. The molecule has 4 heteroatoms. The van der Waals surface area contributed by atoms with Crippen LogP contribution in [0.5, 0.6) is 0 Å². The van der Waals surface area contributed by atoms with Gasteiger partial charge in [-0.3, -0.25) is 0 Å². The molecular weight excluding hydrogens is 605 g/mol. The molecule has 50 heavy (non-hydrogen) atoms. The van der Waals surface area contributed by atoms with Crippen molar-refractivity contribution in [2.24, 2.45) is 0 Å².